The molecule has 4 aromatic rings. The van der Waals surface area contributed by atoms with Crippen LogP contribution in [0.1, 0.15) is 11.1 Å². The lowest BCUT2D eigenvalue weighted by molar-refractivity contribution is 1.36. The molecule has 0 fully saturated rings. The Bertz CT molecular complexity index is 1030. The van der Waals surface area contributed by atoms with Crippen LogP contribution in [0.5, 0.6) is 0 Å². The number of pyridine rings is 1. The molecular formula is C21H16BrN. The van der Waals surface area contributed by atoms with Crippen molar-refractivity contribution in [2.24, 2.45) is 0 Å². The summed E-state index contributed by atoms with van der Waals surface area (Å²) in [5, 5.41) is 2.39. The molecule has 0 saturated carbocycles. The van der Waals surface area contributed by atoms with E-state index in [0.29, 0.717) is 0 Å². The average molecular weight is 362 g/mol. The number of hydrogen-bond donors (Lipinski definition) is 0. The molecule has 0 spiro atoms. The van der Waals surface area contributed by atoms with E-state index in [4.69, 9.17) is 4.98 Å². The van der Waals surface area contributed by atoms with Crippen molar-refractivity contribution >= 4 is 37.7 Å². The third kappa shape index (κ3) is 2.43. The molecule has 0 bridgehead atoms. The lowest BCUT2D eigenvalue weighted by Crippen LogP contribution is -1.91. The second-order valence-corrected chi connectivity index (χ2v) is 6.88. The lowest BCUT2D eigenvalue weighted by Gasteiger charge is -2.14. The van der Waals surface area contributed by atoms with Gasteiger partial charge in [-0.15, -0.1) is 0 Å². The van der Waals surface area contributed by atoms with Crippen molar-refractivity contribution in [2.45, 2.75) is 13.8 Å². The minimum Gasteiger partial charge on any atom is -0.248 e. The Morgan fingerprint density at radius 1 is 0.783 bits per heavy atom. The number of benzene rings is 3. The quantitative estimate of drug-likeness (QED) is 0.355. The van der Waals surface area contributed by atoms with Crippen LogP contribution in [-0.2, 0) is 0 Å². The summed E-state index contributed by atoms with van der Waals surface area (Å²) < 4.78 is 1.13. The second-order valence-electron chi connectivity index (χ2n) is 5.97. The monoisotopic (exact) mass is 361 g/mol. The van der Waals surface area contributed by atoms with Crippen molar-refractivity contribution in [2.75, 3.05) is 0 Å². The van der Waals surface area contributed by atoms with E-state index in [0.717, 1.165) is 15.5 Å². The standard InChI is InChI=1S/C21H16BrN/c1-13-10-16(22)11-14(2)21(13)17-7-5-9-20-18(17)12-15-6-3-4-8-19(15)23-20/h3-12H,1-2H3. The molecule has 4 rings (SSSR count). The third-order valence-corrected chi connectivity index (χ3v) is 4.79. The maximum atomic E-state index is 4.83. The average Bonchev–Trinajstić information content (AvgIpc) is 2.52. The van der Waals surface area contributed by atoms with Crippen LogP contribution >= 0.6 is 15.9 Å². The Morgan fingerprint density at radius 2 is 1.48 bits per heavy atom. The summed E-state index contributed by atoms with van der Waals surface area (Å²) in [5.74, 6) is 0. The molecule has 0 saturated heterocycles. The molecule has 0 atom stereocenters. The summed E-state index contributed by atoms with van der Waals surface area (Å²) in [6.45, 7) is 4.33. The van der Waals surface area contributed by atoms with Crippen molar-refractivity contribution in [1.82, 2.24) is 4.98 Å². The molecule has 1 heterocycles. The van der Waals surface area contributed by atoms with Crippen LogP contribution < -0.4 is 0 Å². The van der Waals surface area contributed by atoms with Gasteiger partial charge in [-0.3, -0.25) is 0 Å². The molecule has 112 valence electrons. The molecular weight excluding hydrogens is 346 g/mol. The third-order valence-electron chi connectivity index (χ3n) is 4.33. The van der Waals surface area contributed by atoms with Crippen LogP contribution in [0.3, 0.4) is 0 Å². The summed E-state index contributed by atoms with van der Waals surface area (Å²) in [4.78, 5) is 4.83. The Hall–Kier alpha value is -2.19. The predicted octanol–water partition coefficient (Wildman–Crippen LogP) is 6.43. The first-order valence-corrected chi connectivity index (χ1v) is 8.48. The molecule has 3 aromatic carbocycles. The van der Waals surface area contributed by atoms with Gasteiger partial charge in [0.25, 0.3) is 0 Å². The van der Waals surface area contributed by atoms with E-state index in [2.05, 4.69) is 84.4 Å². The molecule has 23 heavy (non-hydrogen) atoms. The van der Waals surface area contributed by atoms with Crippen LogP contribution in [0.4, 0.5) is 0 Å². The summed E-state index contributed by atoms with van der Waals surface area (Å²) in [7, 11) is 0. The summed E-state index contributed by atoms with van der Waals surface area (Å²) in [5.41, 5.74) is 7.19. The zero-order chi connectivity index (χ0) is 16.0. The number of aromatic nitrogens is 1. The smallest absolute Gasteiger partial charge is 0.0715 e. The van der Waals surface area contributed by atoms with E-state index < -0.39 is 0 Å². The van der Waals surface area contributed by atoms with Gasteiger partial charge < -0.3 is 0 Å². The van der Waals surface area contributed by atoms with Crippen molar-refractivity contribution in [3.63, 3.8) is 0 Å². The molecule has 0 aliphatic rings. The Labute approximate surface area is 144 Å². The van der Waals surface area contributed by atoms with Gasteiger partial charge in [-0.2, -0.15) is 0 Å². The molecule has 1 aromatic heterocycles. The van der Waals surface area contributed by atoms with Crippen LogP contribution in [0.25, 0.3) is 32.9 Å². The van der Waals surface area contributed by atoms with E-state index in [1.54, 1.807) is 0 Å². The fourth-order valence-electron chi connectivity index (χ4n) is 3.35. The highest BCUT2D eigenvalue weighted by Crippen LogP contribution is 2.35. The number of para-hydroxylation sites is 1. The Balaban J connectivity index is 2.10. The maximum Gasteiger partial charge on any atom is 0.0715 e. The van der Waals surface area contributed by atoms with Gasteiger partial charge in [0.05, 0.1) is 11.0 Å². The lowest BCUT2D eigenvalue weighted by atomic mass is 9.92. The minimum absolute atomic E-state index is 1.04. The number of nitrogens with zero attached hydrogens (tertiary/aromatic N) is 1. The second kappa shape index (κ2) is 5.47. The molecule has 0 aliphatic heterocycles. The highest BCUT2D eigenvalue weighted by Gasteiger charge is 2.11. The van der Waals surface area contributed by atoms with Gasteiger partial charge in [-0.25, -0.2) is 4.98 Å². The van der Waals surface area contributed by atoms with E-state index in [1.165, 1.54) is 33.0 Å². The first kappa shape index (κ1) is 14.4. The van der Waals surface area contributed by atoms with Crippen molar-refractivity contribution < 1.29 is 0 Å². The number of aryl methyl sites for hydroxylation is 2. The molecule has 0 N–H and O–H groups in total. The van der Waals surface area contributed by atoms with Gasteiger partial charge in [0.15, 0.2) is 0 Å². The number of halogens is 1. The number of hydrogen-bond acceptors (Lipinski definition) is 1. The van der Waals surface area contributed by atoms with Crippen LogP contribution in [-0.4, -0.2) is 4.98 Å². The van der Waals surface area contributed by atoms with Gasteiger partial charge in [-0.05, 0) is 66.4 Å². The Morgan fingerprint density at radius 3 is 2.26 bits per heavy atom. The normalized spacial score (nSPS) is 11.3. The van der Waals surface area contributed by atoms with E-state index in [1.807, 2.05) is 6.07 Å². The highest BCUT2D eigenvalue weighted by atomic mass is 79.9. The van der Waals surface area contributed by atoms with Crippen molar-refractivity contribution in [1.29, 1.82) is 0 Å². The highest BCUT2D eigenvalue weighted by molar-refractivity contribution is 9.10. The number of fused-ring (bicyclic) bond motifs is 2. The van der Waals surface area contributed by atoms with Crippen molar-refractivity contribution in [3.05, 3.63) is 76.3 Å². The van der Waals surface area contributed by atoms with Gasteiger partial charge in [0.2, 0.25) is 0 Å². The van der Waals surface area contributed by atoms with E-state index in [-0.39, 0.29) is 0 Å². The van der Waals surface area contributed by atoms with Crippen LogP contribution in [0.2, 0.25) is 0 Å². The SMILES string of the molecule is Cc1cc(Br)cc(C)c1-c1cccc2nc3ccccc3cc12. The van der Waals surface area contributed by atoms with Gasteiger partial charge in [0, 0.05) is 15.2 Å². The fourth-order valence-corrected chi connectivity index (χ4v) is 4.04. The fraction of sp³-hybridized carbons (Fsp3) is 0.0952. The van der Waals surface area contributed by atoms with E-state index >= 15 is 0 Å². The molecule has 1 nitrogen and oxygen atoms in total. The maximum absolute atomic E-state index is 4.83. The molecule has 2 heteroatoms. The van der Waals surface area contributed by atoms with Crippen LogP contribution in [0, 0.1) is 13.8 Å². The minimum atomic E-state index is 1.04. The largest absolute Gasteiger partial charge is 0.248 e. The molecule has 0 aliphatic carbocycles. The van der Waals surface area contributed by atoms with Gasteiger partial charge >= 0.3 is 0 Å². The zero-order valence-electron chi connectivity index (χ0n) is 13.1. The Kier molecular flexibility index (Phi) is 3.42. The first-order chi connectivity index (χ1) is 11.1. The van der Waals surface area contributed by atoms with Gasteiger partial charge in [0.1, 0.15) is 0 Å². The van der Waals surface area contributed by atoms with E-state index in [9.17, 15) is 0 Å². The first-order valence-electron chi connectivity index (χ1n) is 7.69. The topological polar surface area (TPSA) is 12.9 Å². The molecule has 0 unspecified atom stereocenters. The van der Waals surface area contributed by atoms with Crippen molar-refractivity contribution in [3.8, 4) is 11.1 Å². The number of rotatable bonds is 1. The zero-order valence-corrected chi connectivity index (χ0v) is 14.7. The molecule has 0 radical (unpaired) electrons. The molecule has 0 amide bonds. The summed E-state index contributed by atoms with van der Waals surface area (Å²) in [6, 6.07) is 21.3. The summed E-state index contributed by atoms with van der Waals surface area (Å²) >= 11 is 3.59. The van der Waals surface area contributed by atoms with Gasteiger partial charge in [-0.1, -0.05) is 46.3 Å². The summed E-state index contributed by atoms with van der Waals surface area (Å²) in [6.07, 6.45) is 0. The predicted molar refractivity (Wildman–Crippen MR) is 102 cm³/mol. The van der Waals surface area contributed by atoms with Crippen LogP contribution in [0.15, 0.2) is 65.1 Å².